The normalized spacial score (nSPS) is 10.2. The Kier molecular flexibility index (Phi) is 3.81. The number of aryl methyl sites for hydroxylation is 1. The summed E-state index contributed by atoms with van der Waals surface area (Å²) in [5.41, 5.74) is 0.645. The van der Waals surface area contributed by atoms with Crippen LogP contribution in [0.3, 0.4) is 0 Å². The highest BCUT2D eigenvalue weighted by atomic mass is 28.2. The van der Waals surface area contributed by atoms with E-state index in [1.54, 1.807) is 25.1 Å². The van der Waals surface area contributed by atoms with Crippen molar-refractivity contribution in [3.8, 4) is 17.2 Å². The van der Waals surface area contributed by atoms with E-state index in [1.165, 1.54) is 6.07 Å². The number of ether oxygens (including phenoxy) is 1. The minimum absolute atomic E-state index is 0.0831. The first-order valence-electron chi connectivity index (χ1n) is 5.67. The predicted octanol–water partition coefficient (Wildman–Crippen LogP) is 2.35. The average Bonchev–Trinajstić information content (AvgIpc) is 2.39. The minimum atomic E-state index is -0.409. The van der Waals surface area contributed by atoms with Gasteiger partial charge in [0.05, 0.1) is 4.92 Å². The fourth-order valence-electron chi connectivity index (χ4n) is 1.73. The molecule has 0 aliphatic rings. The number of benzene rings is 2. The van der Waals surface area contributed by atoms with E-state index in [4.69, 9.17) is 9.16 Å². The van der Waals surface area contributed by atoms with Crippen molar-refractivity contribution < 1.29 is 14.1 Å². The van der Waals surface area contributed by atoms with Gasteiger partial charge in [0.1, 0.15) is 11.5 Å². The lowest BCUT2D eigenvalue weighted by atomic mass is 10.2. The van der Waals surface area contributed by atoms with Crippen LogP contribution in [0.25, 0.3) is 0 Å². The Morgan fingerprint density at radius 3 is 2.42 bits per heavy atom. The molecule has 98 valence electrons. The highest BCUT2D eigenvalue weighted by Gasteiger charge is 2.11. The molecule has 0 saturated heterocycles. The summed E-state index contributed by atoms with van der Waals surface area (Å²) in [6, 6.07) is 12.0. The zero-order valence-corrected chi connectivity index (χ0v) is 12.6. The monoisotopic (exact) mass is 275 g/mol. The molecule has 0 unspecified atom stereocenters. The van der Waals surface area contributed by atoms with Crippen molar-refractivity contribution in [3.63, 3.8) is 0 Å². The van der Waals surface area contributed by atoms with Gasteiger partial charge in [-0.05, 0) is 31.2 Å². The van der Waals surface area contributed by atoms with Gasteiger partial charge in [-0.1, -0.05) is 12.1 Å². The van der Waals surface area contributed by atoms with Gasteiger partial charge in [0.15, 0.2) is 5.75 Å². The largest absolute Gasteiger partial charge is 0.551 e. The van der Waals surface area contributed by atoms with Gasteiger partial charge >= 0.3 is 0 Å². The molecule has 0 fully saturated rings. The summed E-state index contributed by atoms with van der Waals surface area (Å²) >= 11 is 0. The molecule has 0 heterocycles. The van der Waals surface area contributed by atoms with Crippen LogP contribution < -0.4 is 9.16 Å². The van der Waals surface area contributed by atoms with Gasteiger partial charge in [-0.25, -0.2) is 0 Å². The summed E-state index contributed by atoms with van der Waals surface area (Å²) in [6.45, 7) is 1.68. The molecule has 0 bridgehead atoms. The second-order valence-corrected chi connectivity index (χ2v) is 4.37. The molecule has 0 aliphatic carbocycles. The third-order valence-electron chi connectivity index (χ3n) is 2.66. The van der Waals surface area contributed by atoms with Gasteiger partial charge in [0, 0.05) is 11.6 Å². The van der Waals surface area contributed by atoms with E-state index in [1.807, 2.05) is 18.2 Å². The Hall–Kier alpha value is -2.34. The van der Waals surface area contributed by atoms with Crippen molar-refractivity contribution in [2.24, 2.45) is 0 Å². The second-order valence-electron chi connectivity index (χ2n) is 3.96. The fraction of sp³-hybridized carbons (Fsp3) is 0.0769. The molecule has 19 heavy (non-hydrogen) atoms. The standard InChI is InChI=1S/C13H13NO4Si/c1-9-8-10(6-7-11(9)14(15)16)17-12-4-2-3-5-13(12)18-19/h2-8H,1,19H3. The van der Waals surface area contributed by atoms with Gasteiger partial charge in [-0.3, -0.25) is 10.1 Å². The first-order chi connectivity index (χ1) is 9.11. The topological polar surface area (TPSA) is 61.6 Å². The molecule has 0 atom stereocenters. The smallest absolute Gasteiger partial charge is 0.272 e. The van der Waals surface area contributed by atoms with E-state index in [2.05, 4.69) is 0 Å². The first kappa shape index (κ1) is 13.1. The van der Waals surface area contributed by atoms with Gasteiger partial charge in [-0.2, -0.15) is 0 Å². The van der Waals surface area contributed by atoms with E-state index >= 15 is 0 Å². The predicted molar refractivity (Wildman–Crippen MR) is 74.9 cm³/mol. The molecule has 2 rings (SSSR count). The molecular formula is C13H13NO4Si. The molecule has 0 radical (unpaired) electrons. The SMILES string of the molecule is Cc1cc(Oc2ccccc2O[SiH3])ccc1[N+](=O)[O-]. The highest BCUT2D eigenvalue weighted by molar-refractivity contribution is 6.00. The number of hydrogen-bond acceptors (Lipinski definition) is 4. The maximum absolute atomic E-state index is 10.7. The van der Waals surface area contributed by atoms with Crippen molar-refractivity contribution in [2.75, 3.05) is 0 Å². The van der Waals surface area contributed by atoms with E-state index in [0.29, 0.717) is 33.3 Å². The summed E-state index contributed by atoms with van der Waals surface area (Å²) in [4.78, 5) is 10.3. The quantitative estimate of drug-likeness (QED) is 0.488. The van der Waals surface area contributed by atoms with Gasteiger partial charge < -0.3 is 9.16 Å². The van der Waals surface area contributed by atoms with Crippen LogP contribution in [0.15, 0.2) is 42.5 Å². The zero-order valence-electron chi connectivity index (χ0n) is 10.6. The molecule has 2 aromatic rings. The number of nitro groups is 1. The summed E-state index contributed by atoms with van der Waals surface area (Å²) < 4.78 is 11.0. The second kappa shape index (κ2) is 5.53. The first-order valence-corrected chi connectivity index (χ1v) is 6.49. The van der Waals surface area contributed by atoms with Gasteiger partial charge in [-0.15, -0.1) is 0 Å². The van der Waals surface area contributed by atoms with Crippen LogP contribution in [-0.4, -0.2) is 15.4 Å². The molecule has 0 N–H and O–H groups in total. The number of hydrogen-bond donors (Lipinski definition) is 0. The van der Waals surface area contributed by atoms with E-state index < -0.39 is 4.92 Å². The van der Waals surface area contributed by atoms with E-state index in [0.717, 1.165) is 0 Å². The Morgan fingerprint density at radius 2 is 1.84 bits per heavy atom. The molecule has 0 aliphatic heterocycles. The van der Waals surface area contributed by atoms with Crippen molar-refractivity contribution in [1.82, 2.24) is 0 Å². The molecule has 6 heteroatoms. The van der Waals surface area contributed by atoms with Crippen LogP contribution in [0.1, 0.15) is 5.56 Å². The summed E-state index contributed by atoms with van der Waals surface area (Å²) in [5.74, 6) is 1.82. The summed E-state index contributed by atoms with van der Waals surface area (Å²) in [7, 11) is 0.567. The lowest BCUT2D eigenvalue weighted by molar-refractivity contribution is -0.385. The maximum atomic E-state index is 10.7. The number of para-hydroxylation sites is 2. The van der Waals surface area contributed by atoms with Crippen LogP contribution in [-0.2, 0) is 0 Å². The van der Waals surface area contributed by atoms with Crippen LogP contribution in [0.5, 0.6) is 17.2 Å². The maximum Gasteiger partial charge on any atom is 0.272 e. The molecule has 0 amide bonds. The van der Waals surface area contributed by atoms with Gasteiger partial charge in [0.2, 0.25) is 10.5 Å². The Labute approximate surface area is 113 Å². The van der Waals surface area contributed by atoms with Crippen LogP contribution in [0.4, 0.5) is 5.69 Å². The number of nitrogens with zero attached hydrogens (tertiary/aromatic N) is 1. The molecule has 0 spiro atoms. The lowest BCUT2D eigenvalue weighted by Crippen LogP contribution is -1.94. The number of nitro benzene ring substituents is 1. The van der Waals surface area contributed by atoms with Crippen LogP contribution in [0, 0.1) is 17.0 Å². The molecule has 5 nitrogen and oxygen atoms in total. The average molecular weight is 275 g/mol. The highest BCUT2D eigenvalue weighted by Crippen LogP contribution is 2.32. The molecule has 0 saturated carbocycles. The van der Waals surface area contributed by atoms with Crippen LogP contribution >= 0.6 is 0 Å². The van der Waals surface area contributed by atoms with E-state index in [9.17, 15) is 10.1 Å². The Balaban J connectivity index is 2.29. The van der Waals surface area contributed by atoms with Gasteiger partial charge in [0.25, 0.3) is 5.69 Å². The summed E-state index contributed by atoms with van der Waals surface area (Å²) in [6.07, 6.45) is 0. The van der Waals surface area contributed by atoms with Crippen molar-refractivity contribution in [2.45, 2.75) is 6.92 Å². The summed E-state index contributed by atoms with van der Waals surface area (Å²) in [5, 5.41) is 10.7. The molecule has 0 aromatic heterocycles. The molecular weight excluding hydrogens is 262 g/mol. The van der Waals surface area contributed by atoms with Crippen LogP contribution in [0.2, 0.25) is 0 Å². The van der Waals surface area contributed by atoms with Crippen molar-refractivity contribution in [3.05, 3.63) is 58.1 Å². The fourth-order valence-corrected chi connectivity index (χ4v) is 2.06. The third kappa shape index (κ3) is 2.91. The number of rotatable bonds is 4. The Morgan fingerprint density at radius 1 is 1.16 bits per heavy atom. The minimum Gasteiger partial charge on any atom is -0.551 e. The third-order valence-corrected chi connectivity index (χ3v) is 3.10. The van der Waals surface area contributed by atoms with Crippen molar-refractivity contribution in [1.29, 1.82) is 0 Å². The Bertz CT molecular complexity index is 615. The van der Waals surface area contributed by atoms with Crippen molar-refractivity contribution >= 4 is 16.2 Å². The zero-order chi connectivity index (χ0) is 13.8. The molecule has 2 aromatic carbocycles. The van der Waals surface area contributed by atoms with E-state index in [-0.39, 0.29) is 5.69 Å². The lowest BCUT2D eigenvalue weighted by Gasteiger charge is -2.10.